The fraction of sp³-hybridized carbons (Fsp3) is 0.611. The molecule has 1 amide bonds. The summed E-state index contributed by atoms with van der Waals surface area (Å²) in [6.45, 7) is 1.32. The van der Waals surface area contributed by atoms with Crippen LogP contribution in [0.4, 0.5) is 0 Å². The Morgan fingerprint density at radius 2 is 1.85 bits per heavy atom. The second-order valence-electron chi connectivity index (χ2n) is 7.01. The van der Waals surface area contributed by atoms with Crippen molar-refractivity contribution >= 4 is 28.3 Å². The standard InChI is InChI=1S/C18H27N3O3S.ClH/c19-13-16-3-1-2-12-21(16)18(22)11-6-14-4-9-17(10-5-14)25(23,24)20-15-7-8-15;/h4-5,9-10,15-16,20H,1-3,6-8,11-13,19H2;1H. The Morgan fingerprint density at radius 1 is 1.15 bits per heavy atom. The molecule has 3 rings (SSSR count). The summed E-state index contributed by atoms with van der Waals surface area (Å²) in [5, 5.41) is 0. The number of nitrogens with two attached hydrogens (primary N) is 1. The first-order valence-electron chi connectivity index (χ1n) is 9.10. The van der Waals surface area contributed by atoms with Gasteiger partial charge >= 0.3 is 0 Å². The molecule has 0 radical (unpaired) electrons. The first-order valence-corrected chi connectivity index (χ1v) is 10.6. The zero-order chi connectivity index (χ0) is 17.9. The Bertz CT molecular complexity index is 705. The predicted molar refractivity (Wildman–Crippen MR) is 104 cm³/mol. The molecule has 8 heteroatoms. The van der Waals surface area contributed by atoms with Gasteiger partial charge in [0, 0.05) is 31.6 Å². The quantitative estimate of drug-likeness (QED) is 0.728. The van der Waals surface area contributed by atoms with Crippen LogP contribution in [-0.4, -0.2) is 44.4 Å². The summed E-state index contributed by atoms with van der Waals surface area (Å²) in [4.78, 5) is 14.7. The Balaban J connectivity index is 0.00000243. The van der Waals surface area contributed by atoms with Gasteiger partial charge in [-0.1, -0.05) is 12.1 Å². The van der Waals surface area contributed by atoms with E-state index in [-0.39, 0.29) is 35.3 Å². The number of carbonyl (C=O) groups is 1. The molecule has 1 heterocycles. The van der Waals surface area contributed by atoms with E-state index in [4.69, 9.17) is 5.73 Å². The molecule has 2 aliphatic rings. The molecule has 3 N–H and O–H groups in total. The Kier molecular flexibility index (Phi) is 7.46. The lowest BCUT2D eigenvalue weighted by atomic mass is 10.0. The first-order chi connectivity index (χ1) is 12.0. The van der Waals surface area contributed by atoms with Gasteiger partial charge in [0.1, 0.15) is 0 Å². The van der Waals surface area contributed by atoms with Crippen molar-refractivity contribution in [2.75, 3.05) is 13.1 Å². The highest BCUT2D eigenvalue weighted by Gasteiger charge is 2.28. The molecule has 0 bridgehead atoms. The lowest BCUT2D eigenvalue weighted by Crippen LogP contribution is -2.47. The average molecular weight is 402 g/mol. The molecule has 0 spiro atoms. The average Bonchev–Trinajstić information content (AvgIpc) is 3.43. The molecule has 1 aliphatic carbocycles. The number of rotatable bonds is 7. The van der Waals surface area contributed by atoms with Crippen LogP contribution in [0.1, 0.15) is 44.1 Å². The third-order valence-electron chi connectivity index (χ3n) is 4.98. The second kappa shape index (κ2) is 9.17. The van der Waals surface area contributed by atoms with Gasteiger partial charge in [-0.15, -0.1) is 12.4 Å². The molecule has 1 aromatic carbocycles. The van der Waals surface area contributed by atoms with E-state index in [2.05, 4.69) is 4.72 Å². The number of hydrogen-bond donors (Lipinski definition) is 2. The number of halogens is 1. The van der Waals surface area contributed by atoms with Crippen molar-refractivity contribution in [2.24, 2.45) is 5.73 Å². The van der Waals surface area contributed by atoms with Gasteiger partial charge in [-0.2, -0.15) is 0 Å². The summed E-state index contributed by atoms with van der Waals surface area (Å²) in [5.41, 5.74) is 6.75. The van der Waals surface area contributed by atoms with Crippen molar-refractivity contribution in [3.8, 4) is 0 Å². The molecule has 1 unspecified atom stereocenters. The van der Waals surface area contributed by atoms with Gasteiger partial charge in [-0.05, 0) is 56.2 Å². The van der Waals surface area contributed by atoms with Crippen molar-refractivity contribution in [3.63, 3.8) is 0 Å². The SMILES string of the molecule is Cl.NCC1CCCCN1C(=O)CCc1ccc(S(=O)(=O)NC2CC2)cc1. The van der Waals surface area contributed by atoms with E-state index in [1.165, 1.54) is 0 Å². The van der Waals surface area contributed by atoms with Crippen LogP contribution < -0.4 is 10.5 Å². The number of carbonyl (C=O) groups excluding carboxylic acids is 1. The van der Waals surface area contributed by atoms with Crippen LogP contribution in [0.2, 0.25) is 0 Å². The van der Waals surface area contributed by atoms with Crippen molar-refractivity contribution in [3.05, 3.63) is 29.8 Å². The minimum atomic E-state index is -3.41. The molecular formula is C18H28ClN3O3S. The van der Waals surface area contributed by atoms with Crippen molar-refractivity contribution in [2.45, 2.75) is 61.9 Å². The molecule has 1 atom stereocenters. The third-order valence-corrected chi connectivity index (χ3v) is 6.52. The number of nitrogens with zero attached hydrogens (tertiary/aromatic N) is 1. The van der Waals surface area contributed by atoms with E-state index in [0.29, 0.717) is 19.4 Å². The van der Waals surface area contributed by atoms with Gasteiger partial charge in [0.15, 0.2) is 0 Å². The van der Waals surface area contributed by atoms with Gasteiger partial charge in [-0.3, -0.25) is 4.79 Å². The van der Waals surface area contributed by atoms with E-state index >= 15 is 0 Å². The van der Waals surface area contributed by atoms with Crippen LogP contribution in [0, 0.1) is 0 Å². The molecule has 1 saturated heterocycles. The Hall–Kier alpha value is -1.15. The maximum atomic E-state index is 12.5. The van der Waals surface area contributed by atoms with E-state index in [0.717, 1.165) is 44.2 Å². The Labute approximate surface area is 162 Å². The fourth-order valence-corrected chi connectivity index (χ4v) is 4.60. The maximum absolute atomic E-state index is 12.5. The molecule has 2 fully saturated rings. The molecular weight excluding hydrogens is 374 g/mol. The van der Waals surface area contributed by atoms with Crippen molar-refractivity contribution < 1.29 is 13.2 Å². The summed E-state index contributed by atoms with van der Waals surface area (Å²) in [6.07, 6.45) is 6.05. The molecule has 1 aliphatic heterocycles. The minimum absolute atomic E-state index is 0. The monoisotopic (exact) mass is 401 g/mol. The highest BCUT2D eigenvalue weighted by Crippen LogP contribution is 2.22. The van der Waals surface area contributed by atoms with Gasteiger partial charge in [0.25, 0.3) is 0 Å². The van der Waals surface area contributed by atoms with Crippen molar-refractivity contribution in [1.29, 1.82) is 0 Å². The number of piperidine rings is 1. The van der Waals surface area contributed by atoms with Gasteiger partial charge in [-0.25, -0.2) is 13.1 Å². The van der Waals surface area contributed by atoms with Crippen LogP contribution in [0.15, 0.2) is 29.2 Å². The number of aryl methyl sites for hydroxylation is 1. The largest absolute Gasteiger partial charge is 0.338 e. The number of hydrogen-bond acceptors (Lipinski definition) is 4. The zero-order valence-electron chi connectivity index (χ0n) is 14.9. The van der Waals surface area contributed by atoms with E-state index in [1.807, 2.05) is 4.90 Å². The number of sulfonamides is 1. The molecule has 1 saturated carbocycles. The lowest BCUT2D eigenvalue weighted by molar-refractivity contribution is -0.134. The summed E-state index contributed by atoms with van der Waals surface area (Å²) in [5.74, 6) is 0.141. The number of benzene rings is 1. The molecule has 146 valence electrons. The summed E-state index contributed by atoms with van der Waals surface area (Å²) in [6, 6.07) is 7.10. The van der Waals surface area contributed by atoms with E-state index in [1.54, 1.807) is 24.3 Å². The fourth-order valence-electron chi connectivity index (χ4n) is 3.29. The first kappa shape index (κ1) is 21.2. The van der Waals surface area contributed by atoms with Crippen LogP contribution in [0.5, 0.6) is 0 Å². The summed E-state index contributed by atoms with van der Waals surface area (Å²) < 4.78 is 27.0. The zero-order valence-corrected chi connectivity index (χ0v) is 16.5. The van der Waals surface area contributed by atoms with Crippen LogP contribution in [0.25, 0.3) is 0 Å². The summed E-state index contributed by atoms with van der Waals surface area (Å²) >= 11 is 0. The van der Waals surface area contributed by atoms with E-state index < -0.39 is 10.0 Å². The van der Waals surface area contributed by atoms with Crippen LogP contribution in [0.3, 0.4) is 0 Å². The predicted octanol–water partition coefficient (Wildman–Crippen LogP) is 1.82. The van der Waals surface area contributed by atoms with Gasteiger partial charge in [0.2, 0.25) is 15.9 Å². The topological polar surface area (TPSA) is 92.5 Å². The maximum Gasteiger partial charge on any atom is 0.240 e. The van der Waals surface area contributed by atoms with Crippen LogP contribution >= 0.6 is 12.4 Å². The number of likely N-dealkylation sites (tertiary alicyclic amines) is 1. The minimum Gasteiger partial charge on any atom is -0.338 e. The smallest absolute Gasteiger partial charge is 0.240 e. The van der Waals surface area contributed by atoms with E-state index in [9.17, 15) is 13.2 Å². The normalized spacial score (nSPS) is 20.5. The van der Waals surface area contributed by atoms with Crippen LogP contribution in [-0.2, 0) is 21.2 Å². The highest BCUT2D eigenvalue weighted by atomic mass is 35.5. The van der Waals surface area contributed by atoms with Gasteiger partial charge < -0.3 is 10.6 Å². The van der Waals surface area contributed by atoms with Gasteiger partial charge in [0.05, 0.1) is 4.90 Å². The molecule has 0 aromatic heterocycles. The lowest BCUT2D eigenvalue weighted by Gasteiger charge is -2.35. The Morgan fingerprint density at radius 3 is 2.46 bits per heavy atom. The third kappa shape index (κ3) is 5.42. The summed E-state index contributed by atoms with van der Waals surface area (Å²) in [7, 11) is -3.41. The second-order valence-corrected chi connectivity index (χ2v) is 8.73. The number of nitrogens with one attached hydrogen (secondary N) is 1. The number of amides is 1. The molecule has 1 aromatic rings. The molecule has 26 heavy (non-hydrogen) atoms. The van der Waals surface area contributed by atoms with Crippen molar-refractivity contribution in [1.82, 2.24) is 9.62 Å². The highest BCUT2D eigenvalue weighted by molar-refractivity contribution is 7.89. The molecule has 6 nitrogen and oxygen atoms in total.